The van der Waals surface area contributed by atoms with E-state index in [4.69, 9.17) is 6.57 Å². The van der Waals surface area contributed by atoms with Crippen molar-refractivity contribution in [3.8, 4) is 0 Å². The summed E-state index contributed by atoms with van der Waals surface area (Å²) in [5.41, 5.74) is -0.596. The highest BCUT2D eigenvalue weighted by Crippen LogP contribution is 2.28. The van der Waals surface area contributed by atoms with Gasteiger partial charge in [0.2, 0.25) is 5.69 Å². The molecule has 0 saturated heterocycles. The van der Waals surface area contributed by atoms with E-state index in [9.17, 15) is 13.6 Å². The third-order valence-electron chi connectivity index (χ3n) is 1.73. The second kappa shape index (κ2) is 4.66. The van der Waals surface area contributed by atoms with Gasteiger partial charge < -0.3 is 4.74 Å². The first-order valence-corrected chi connectivity index (χ1v) is 4.41. The summed E-state index contributed by atoms with van der Waals surface area (Å²) in [6.45, 7) is 7.93. The number of halogens is 2. The monoisotopic (exact) mass is 226 g/mol. The van der Waals surface area contributed by atoms with Crippen LogP contribution in [0.2, 0.25) is 0 Å². The minimum atomic E-state index is -3.78. The normalized spacial score (nSPS) is 10.6. The number of nitrogens with zero attached hydrogens (tertiary/aromatic N) is 2. The zero-order chi connectivity index (χ0) is 12.2. The number of carbonyl (C=O) groups is 1. The summed E-state index contributed by atoms with van der Waals surface area (Å²) in [5.74, 6) is -5.42. The van der Waals surface area contributed by atoms with Crippen LogP contribution in [-0.4, -0.2) is 17.6 Å². The van der Waals surface area contributed by atoms with E-state index in [1.165, 1.54) is 13.0 Å². The molecule has 0 aromatic carbocycles. The molecule has 1 aromatic heterocycles. The van der Waals surface area contributed by atoms with Crippen molar-refractivity contribution in [3.63, 3.8) is 0 Å². The molecule has 4 nitrogen and oxygen atoms in total. The van der Waals surface area contributed by atoms with Crippen molar-refractivity contribution >= 4 is 11.7 Å². The van der Waals surface area contributed by atoms with E-state index in [0.717, 1.165) is 12.3 Å². The lowest BCUT2D eigenvalue weighted by molar-refractivity contribution is -0.173. The smallest absolute Gasteiger partial charge is 0.384 e. The Morgan fingerprint density at radius 1 is 1.62 bits per heavy atom. The van der Waals surface area contributed by atoms with Crippen LogP contribution in [0.4, 0.5) is 14.5 Å². The molecule has 0 saturated carbocycles. The summed E-state index contributed by atoms with van der Waals surface area (Å²) in [6, 6.07) is 2.10. The first-order valence-electron chi connectivity index (χ1n) is 4.41. The number of carbonyl (C=O) groups excluding carboxylic acids is 1. The van der Waals surface area contributed by atoms with Crippen molar-refractivity contribution in [2.75, 3.05) is 6.61 Å². The predicted octanol–water partition coefficient (Wildman–Crippen LogP) is 2.29. The molecule has 0 N–H and O–H groups in total. The predicted molar refractivity (Wildman–Crippen MR) is 51.0 cm³/mol. The highest BCUT2D eigenvalue weighted by molar-refractivity contribution is 5.78. The summed E-state index contributed by atoms with van der Waals surface area (Å²) in [6.07, 6.45) is 0.982. The second-order valence-electron chi connectivity index (χ2n) is 2.81. The van der Waals surface area contributed by atoms with E-state index in [1.807, 2.05) is 0 Å². The lowest BCUT2D eigenvalue weighted by Crippen LogP contribution is -2.29. The van der Waals surface area contributed by atoms with Gasteiger partial charge in [0, 0.05) is 6.20 Å². The summed E-state index contributed by atoms with van der Waals surface area (Å²) in [5, 5.41) is 0. The number of ether oxygens (including phenoxy) is 1. The lowest BCUT2D eigenvalue weighted by atomic mass is 10.2. The third kappa shape index (κ3) is 2.31. The van der Waals surface area contributed by atoms with Crippen LogP contribution in [0.1, 0.15) is 12.6 Å². The molecule has 0 atom stereocenters. The lowest BCUT2D eigenvalue weighted by Gasteiger charge is -2.13. The van der Waals surface area contributed by atoms with Gasteiger partial charge >= 0.3 is 11.9 Å². The van der Waals surface area contributed by atoms with E-state index in [-0.39, 0.29) is 12.3 Å². The number of aromatic nitrogens is 1. The molecule has 0 fully saturated rings. The molecule has 0 amide bonds. The molecule has 1 heterocycles. The molecule has 0 bridgehead atoms. The molecule has 1 rings (SSSR count). The Bertz CT molecular complexity index is 423. The van der Waals surface area contributed by atoms with E-state index >= 15 is 0 Å². The quantitative estimate of drug-likeness (QED) is 0.586. The van der Waals surface area contributed by atoms with Crippen LogP contribution in [0, 0.1) is 6.57 Å². The van der Waals surface area contributed by atoms with Crippen molar-refractivity contribution in [1.82, 2.24) is 4.98 Å². The summed E-state index contributed by atoms with van der Waals surface area (Å²) in [4.78, 5) is 17.3. The highest BCUT2D eigenvalue weighted by Gasteiger charge is 2.44. The van der Waals surface area contributed by atoms with Crippen molar-refractivity contribution in [2.24, 2.45) is 0 Å². The first-order chi connectivity index (χ1) is 7.52. The van der Waals surface area contributed by atoms with Gasteiger partial charge in [-0.25, -0.2) is 9.64 Å². The Kier molecular flexibility index (Phi) is 3.51. The summed E-state index contributed by atoms with van der Waals surface area (Å²) in [7, 11) is 0. The number of rotatable bonds is 3. The zero-order valence-corrected chi connectivity index (χ0v) is 8.41. The van der Waals surface area contributed by atoms with Crippen LogP contribution in [0.15, 0.2) is 18.3 Å². The first kappa shape index (κ1) is 12.0. The molecule has 0 aliphatic carbocycles. The largest absolute Gasteiger partial charge is 0.461 e. The van der Waals surface area contributed by atoms with Gasteiger partial charge in [0.1, 0.15) is 5.69 Å². The van der Waals surface area contributed by atoms with Gasteiger partial charge in [0.05, 0.1) is 13.2 Å². The number of hydrogen-bond donors (Lipinski definition) is 0. The Hall–Kier alpha value is -2.03. The maximum absolute atomic E-state index is 13.4. The minimum Gasteiger partial charge on any atom is -0.461 e. The average molecular weight is 226 g/mol. The van der Waals surface area contributed by atoms with Gasteiger partial charge in [0.15, 0.2) is 0 Å². The van der Waals surface area contributed by atoms with E-state index in [1.54, 1.807) is 0 Å². The van der Waals surface area contributed by atoms with E-state index in [2.05, 4.69) is 14.6 Å². The molecule has 1 aromatic rings. The van der Waals surface area contributed by atoms with Crippen molar-refractivity contribution < 1.29 is 18.3 Å². The molecule has 0 spiro atoms. The van der Waals surface area contributed by atoms with E-state index < -0.39 is 17.6 Å². The number of esters is 1. The van der Waals surface area contributed by atoms with E-state index in [0.29, 0.717) is 0 Å². The van der Waals surface area contributed by atoms with Crippen LogP contribution >= 0.6 is 0 Å². The van der Waals surface area contributed by atoms with Crippen molar-refractivity contribution in [1.29, 1.82) is 0 Å². The van der Waals surface area contributed by atoms with Crippen LogP contribution in [0.3, 0.4) is 0 Å². The van der Waals surface area contributed by atoms with Crippen LogP contribution in [0.5, 0.6) is 0 Å². The van der Waals surface area contributed by atoms with Gasteiger partial charge in [-0.05, 0) is 13.0 Å². The molecule has 84 valence electrons. The average Bonchev–Trinajstić information content (AvgIpc) is 2.29. The molecular formula is C10H8F2N2O2. The van der Waals surface area contributed by atoms with Gasteiger partial charge in [-0.3, -0.25) is 4.98 Å². The van der Waals surface area contributed by atoms with Crippen LogP contribution < -0.4 is 0 Å². The zero-order valence-electron chi connectivity index (χ0n) is 8.41. The van der Waals surface area contributed by atoms with Crippen molar-refractivity contribution in [3.05, 3.63) is 35.4 Å². The second-order valence-corrected chi connectivity index (χ2v) is 2.81. The third-order valence-corrected chi connectivity index (χ3v) is 1.73. The van der Waals surface area contributed by atoms with Gasteiger partial charge in [-0.15, -0.1) is 0 Å². The van der Waals surface area contributed by atoms with Crippen molar-refractivity contribution in [2.45, 2.75) is 12.8 Å². The fourth-order valence-corrected chi connectivity index (χ4v) is 0.964. The van der Waals surface area contributed by atoms with Gasteiger partial charge in [-0.1, -0.05) is 6.07 Å². The molecule has 6 heteroatoms. The molecule has 0 aliphatic heterocycles. The topological polar surface area (TPSA) is 43.5 Å². The maximum Gasteiger partial charge on any atom is 0.384 e. The maximum atomic E-state index is 13.4. The van der Waals surface area contributed by atoms with Gasteiger partial charge in [0.25, 0.3) is 0 Å². The van der Waals surface area contributed by atoms with Crippen LogP contribution in [-0.2, 0) is 15.5 Å². The van der Waals surface area contributed by atoms with Gasteiger partial charge in [-0.2, -0.15) is 8.78 Å². The molecule has 0 unspecified atom stereocenters. The number of hydrogen-bond acceptors (Lipinski definition) is 3. The number of alkyl halides is 2. The van der Waals surface area contributed by atoms with Crippen LogP contribution in [0.25, 0.3) is 4.85 Å². The molecule has 16 heavy (non-hydrogen) atoms. The SMILES string of the molecule is [C-]#[N+]c1ccc(C(F)(F)C(=O)OCC)nc1. The summed E-state index contributed by atoms with van der Waals surface area (Å²) >= 11 is 0. The Labute approximate surface area is 90.7 Å². The Morgan fingerprint density at radius 3 is 2.75 bits per heavy atom. The molecule has 0 aliphatic rings. The fraction of sp³-hybridized carbons (Fsp3) is 0.300. The highest BCUT2D eigenvalue weighted by atomic mass is 19.3. The Morgan fingerprint density at radius 2 is 2.31 bits per heavy atom. The molecule has 0 radical (unpaired) electrons. The Balaban J connectivity index is 2.98. The summed E-state index contributed by atoms with van der Waals surface area (Å²) < 4.78 is 30.9. The minimum absolute atomic E-state index is 0.128. The standard InChI is InChI=1S/C10H8F2N2O2/c1-3-16-9(15)10(11,12)8-5-4-7(13-2)6-14-8/h4-6H,3H2,1H3. The fourth-order valence-electron chi connectivity index (χ4n) is 0.964. The number of pyridine rings is 1. The molecular weight excluding hydrogens is 218 g/mol.